The first-order valence-corrected chi connectivity index (χ1v) is 15.8. The summed E-state index contributed by atoms with van der Waals surface area (Å²) in [6, 6.07) is 2.27. The highest BCUT2D eigenvalue weighted by Crippen LogP contribution is 2.39. The van der Waals surface area contributed by atoms with Gasteiger partial charge in [-0.05, 0) is 49.6 Å². The van der Waals surface area contributed by atoms with Gasteiger partial charge in [-0.3, -0.25) is 19.7 Å². The zero-order valence-corrected chi connectivity index (χ0v) is 23.9. The summed E-state index contributed by atoms with van der Waals surface area (Å²) in [6.45, 7) is 1.15. The van der Waals surface area contributed by atoms with Crippen LogP contribution >= 0.6 is 19.2 Å². The van der Waals surface area contributed by atoms with E-state index < -0.39 is 50.1 Å². The van der Waals surface area contributed by atoms with Crippen LogP contribution in [-0.2, 0) is 29.8 Å². The largest absolute Gasteiger partial charge is 0.778 e. The van der Waals surface area contributed by atoms with E-state index in [4.69, 9.17) is 32.8 Å². The van der Waals surface area contributed by atoms with E-state index in [0.29, 0.717) is 34.9 Å². The Labute approximate surface area is 229 Å². The van der Waals surface area contributed by atoms with Gasteiger partial charge in [0.15, 0.2) is 6.10 Å². The number of ether oxygens (including phenoxy) is 1. The highest BCUT2D eigenvalue weighted by Gasteiger charge is 2.41. The van der Waals surface area contributed by atoms with E-state index in [1.165, 1.54) is 6.07 Å². The van der Waals surface area contributed by atoms with Crippen molar-refractivity contribution in [2.24, 2.45) is 0 Å². The number of terminal acetylenes is 1. The van der Waals surface area contributed by atoms with Gasteiger partial charge >= 0.3 is 5.97 Å². The SMILES string of the molecule is C#CC(C)Oc1cc(N2C(=O)C3=C(CCCC3)C2=O)c(F)cc1Cl.C[S+](C)C.O=C(O)CNCP(=O)([O-])O. The number of carbonyl (C=O) groups excluding carboxylic acids is 2. The van der Waals surface area contributed by atoms with Gasteiger partial charge in [0.25, 0.3) is 11.8 Å². The lowest BCUT2D eigenvalue weighted by Gasteiger charge is -2.19. The molecular formula is C24H31ClFN2O8PS. The smallest absolute Gasteiger partial charge is 0.317 e. The number of aliphatic carboxylic acids is 1. The van der Waals surface area contributed by atoms with E-state index in [9.17, 15) is 28.2 Å². The number of amides is 2. The van der Waals surface area contributed by atoms with Crippen LogP contribution in [0.5, 0.6) is 5.75 Å². The molecule has 0 saturated carbocycles. The lowest BCUT2D eigenvalue weighted by molar-refractivity contribution is -0.193. The zero-order valence-electron chi connectivity index (χ0n) is 21.5. The standard InChI is InChI=1S/C18H15ClFNO3.C3H8NO5P.C3H9S/c1-3-10(2)24-16-9-15(14(20)8-13(16)19)21-17(22)11-6-4-5-7-12(11)18(21)23;5-3(6)1-4-2-10(7,8)9;1-4(2)3/h1,8-10H,4-7H2,2H3;4H,1-2H2,(H,5,6)(H2,7,8,9);1-3H3/q;;+1/p-1. The third-order valence-corrected chi connectivity index (χ3v) is 5.68. The van der Waals surface area contributed by atoms with Gasteiger partial charge in [0.2, 0.25) is 0 Å². The molecule has 2 unspecified atom stereocenters. The molecule has 38 heavy (non-hydrogen) atoms. The average Bonchev–Trinajstić information content (AvgIpc) is 3.05. The third kappa shape index (κ3) is 10.8. The number of rotatable bonds is 7. The second-order valence-corrected chi connectivity index (χ2v) is 13.1. The number of anilines is 1. The van der Waals surface area contributed by atoms with Crippen LogP contribution in [0.15, 0.2) is 23.3 Å². The highest BCUT2D eigenvalue weighted by molar-refractivity contribution is 7.94. The molecule has 210 valence electrons. The molecule has 1 aromatic carbocycles. The van der Waals surface area contributed by atoms with Gasteiger partial charge in [-0.2, -0.15) is 0 Å². The summed E-state index contributed by atoms with van der Waals surface area (Å²) in [7, 11) is -3.71. The molecule has 0 aromatic heterocycles. The summed E-state index contributed by atoms with van der Waals surface area (Å²) >= 11 is 5.97. The van der Waals surface area contributed by atoms with E-state index in [1.807, 2.05) is 5.32 Å². The number of nitrogens with one attached hydrogen (secondary N) is 1. The molecule has 2 atom stereocenters. The predicted octanol–water partition coefficient (Wildman–Crippen LogP) is 2.28. The molecule has 2 amide bonds. The Morgan fingerprint density at radius 2 is 1.79 bits per heavy atom. The van der Waals surface area contributed by atoms with Gasteiger partial charge in [-0.15, -0.1) is 6.42 Å². The van der Waals surface area contributed by atoms with Crippen LogP contribution < -0.4 is 19.8 Å². The highest BCUT2D eigenvalue weighted by atomic mass is 35.5. The van der Waals surface area contributed by atoms with Crippen molar-refractivity contribution in [3.05, 3.63) is 34.1 Å². The Morgan fingerprint density at radius 3 is 2.21 bits per heavy atom. The second-order valence-electron chi connectivity index (χ2n) is 8.61. The summed E-state index contributed by atoms with van der Waals surface area (Å²) in [4.78, 5) is 53.7. The molecular weight excluding hydrogens is 562 g/mol. The van der Waals surface area contributed by atoms with Crippen LogP contribution in [0.3, 0.4) is 0 Å². The van der Waals surface area contributed by atoms with Crippen molar-refractivity contribution in [1.82, 2.24) is 5.32 Å². The molecule has 0 bridgehead atoms. The molecule has 0 saturated heterocycles. The molecule has 1 aromatic rings. The Kier molecular flexibility index (Phi) is 13.5. The normalized spacial score (nSPS) is 16.9. The maximum atomic E-state index is 14.4. The summed E-state index contributed by atoms with van der Waals surface area (Å²) < 4.78 is 29.8. The van der Waals surface area contributed by atoms with Crippen LogP contribution in [0.1, 0.15) is 32.6 Å². The minimum Gasteiger partial charge on any atom is -0.778 e. The first kappa shape index (κ1) is 33.6. The number of hydrogen-bond acceptors (Lipinski definition) is 7. The first-order chi connectivity index (χ1) is 17.6. The fraction of sp³-hybridized carbons (Fsp3) is 0.458. The van der Waals surface area contributed by atoms with Gasteiger partial charge in [-0.1, -0.05) is 17.5 Å². The average molecular weight is 593 g/mol. The minimum atomic E-state index is -4.35. The van der Waals surface area contributed by atoms with E-state index in [2.05, 4.69) is 24.7 Å². The summed E-state index contributed by atoms with van der Waals surface area (Å²) in [5.74, 6) is -0.365. The summed E-state index contributed by atoms with van der Waals surface area (Å²) in [5.41, 5.74) is 0.808. The van der Waals surface area contributed by atoms with Crippen molar-refractivity contribution in [3.63, 3.8) is 0 Å². The van der Waals surface area contributed by atoms with Crippen molar-refractivity contribution in [1.29, 1.82) is 0 Å². The van der Waals surface area contributed by atoms with Crippen LogP contribution in [-0.4, -0.2) is 65.5 Å². The number of carboxylic acids is 1. The fourth-order valence-corrected chi connectivity index (χ4v) is 3.86. The van der Waals surface area contributed by atoms with Crippen molar-refractivity contribution in [2.75, 3.05) is 36.5 Å². The van der Waals surface area contributed by atoms with E-state index in [-0.39, 0.29) is 16.5 Å². The maximum absolute atomic E-state index is 14.4. The van der Waals surface area contributed by atoms with Gasteiger partial charge in [0, 0.05) is 17.2 Å². The quantitative estimate of drug-likeness (QED) is 0.187. The van der Waals surface area contributed by atoms with Crippen LogP contribution in [0.4, 0.5) is 10.1 Å². The number of carboxylic acid groups (broad SMARTS) is 1. The van der Waals surface area contributed by atoms with Crippen molar-refractivity contribution in [2.45, 2.75) is 38.7 Å². The lowest BCUT2D eigenvalue weighted by atomic mass is 9.93. The van der Waals surface area contributed by atoms with Crippen LogP contribution in [0.2, 0.25) is 5.02 Å². The molecule has 1 aliphatic heterocycles. The van der Waals surface area contributed by atoms with Crippen molar-refractivity contribution in [3.8, 4) is 18.1 Å². The minimum absolute atomic E-state index is 0.0233. The molecule has 0 radical (unpaired) electrons. The second kappa shape index (κ2) is 15.3. The lowest BCUT2D eigenvalue weighted by Crippen LogP contribution is -2.32. The fourth-order valence-electron chi connectivity index (χ4n) is 3.27. The van der Waals surface area contributed by atoms with E-state index in [0.717, 1.165) is 23.8 Å². The number of hydrogen-bond donors (Lipinski definition) is 3. The molecule has 0 fully saturated rings. The van der Waals surface area contributed by atoms with Gasteiger partial charge < -0.3 is 24.2 Å². The number of benzene rings is 1. The van der Waals surface area contributed by atoms with Crippen molar-refractivity contribution < 1.29 is 43.0 Å². The maximum Gasteiger partial charge on any atom is 0.317 e. The molecule has 1 heterocycles. The number of halogens is 2. The van der Waals surface area contributed by atoms with Crippen molar-refractivity contribution >= 4 is 53.6 Å². The van der Waals surface area contributed by atoms with Crippen LogP contribution in [0, 0.1) is 18.2 Å². The number of nitrogens with zero attached hydrogens (tertiary/aromatic N) is 1. The predicted molar refractivity (Wildman–Crippen MR) is 144 cm³/mol. The Morgan fingerprint density at radius 1 is 1.29 bits per heavy atom. The molecule has 10 nitrogen and oxygen atoms in total. The molecule has 1 aliphatic carbocycles. The molecule has 3 N–H and O–H groups in total. The van der Waals surface area contributed by atoms with E-state index >= 15 is 0 Å². The number of imide groups is 1. The Balaban J connectivity index is 0.000000431. The molecule has 2 aliphatic rings. The summed E-state index contributed by atoms with van der Waals surface area (Å²) in [6.07, 6.45) is 13.3. The Bertz CT molecular complexity index is 1130. The molecule has 14 heteroatoms. The topological polar surface area (TPSA) is 156 Å². The van der Waals surface area contributed by atoms with Gasteiger partial charge in [0.1, 0.15) is 19.2 Å². The first-order valence-electron chi connectivity index (χ1n) is 11.3. The monoisotopic (exact) mass is 592 g/mol. The van der Waals surface area contributed by atoms with E-state index in [1.54, 1.807) is 6.92 Å². The summed E-state index contributed by atoms with van der Waals surface area (Å²) in [5, 5.41) is 10.00. The third-order valence-electron chi connectivity index (χ3n) is 4.76. The molecule has 3 rings (SSSR count). The number of carbonyl (C=O) groups is 3. The zero-order chi connectivity index (χ0) is 29.2. The Hall–Kier alpha value is -2.39. The van der Waals surface area contributed by atoms with Crippen LogP contribution in [0.25, 0.3) is 0 Å². The van der Waals surface area contributed by atoms with Gasteiger partial charge in [0.05, 0.1) is 42.3 Å². The molecule has 0 spiro atoms. The van der Waals surface area contributed by atoms with Gasteiger partial charge in [-0.25, -0.2) is 9.29 Å².